The van der Waals surface area contributed by atoms with Crippen LogP contribution in [0.5, 0.6) is 0 Å². The number of aromatic nitrogens is 1. The second-order valence-corrected chi connectivity index (χ2v) is 7.43. The molecule has 0 bridgehead atoms. The molecule has 0 radical (unpaired) electrons. The normalized spacial score (nSPS) is 12.3. The summed E-state index contributed by atoms with van der Waals surface area (Å²) in [6.45, 7) is 6.06. The highest BCUT2D eigenvalue weighted by molar-refractivity contribution is 7.91. The summed E-state index contributed by atoms with van der Waals surface area (Å²) in [5, 5.41) is 9.44. The highest BCUT2D eigenvalue weighted by Crippen LogP contribution is 2.27. The van der Waals surface area contributed by atoms with Gasteiger partial charge in [0.15, 0.2) is 4.21 Å². The Morgan fingerprint density at radius 1 is 1.44 bits per heavy atom. The van der Waals surface area contributed by atoms with Crippen LogP contribution in [-0.2, 0) is 14.8 Å². The van der Waals surface area contributed by atoms with E-state index >= 15 is 0 Å². The Morgan fingerprint density at radius 2 is 2.00 bits per heavy atom. The van der Waals surface area contributed by atoms with Crippen molar-refractivity contribution in [3.63, 3.8) is 0 Å². The molecule has 0 unspecified atom stereocenters. The third kappa shape index (κ3) is 3.06. The fraction of sp³-hybridized carbons (Fsp3) is 0.600. The van der Waals surface area contributed by atoms with Gasteiger partial charge in [-0.3, -0.25) is 4.79 Å². The van der Waals surface area contributed by atoms with Gasteiger partial charge in [-0.2, -0.15) is 4.31 Å². The topological polar surface area (TPSA) is 87.6 Å². The highest BCUT2D eigenvalue weighted by Gasteiger charge is 2.32. The lowest BCUT2D eigenvalue weighted by Gasteiger charge is -2.23. The molecule has 0 spiro atoms. The average molecular weight is 292 g/mol. The van der Waals surface area contributed by atoms with Crippen molar-refractivity contribution in [1.29, 1.82) is 0 Å². The van der Waals surface area contributed by atoms with Crippen LogP contribution >= 0.6 is 11.3 Å². The molecule has 8 heteroatoms. The van der Waals surface area contributed by atoms with Crippen LogP contribution in [0.2, 0.25) is 0 Å². The van der Waals surface area contributed by atoms with Crippen LogP contribution in [-0.4, -0.2) is 41.4 Å². The number of nitrogens with zero attached hydrogens (tertiary/aromatic N) is 2. The Labute approximate surface area is 110 Å². The summed E-state index contributed by atoms with van der Waals surface area (Å²) in [6, 6.07) is -0.423. The molecular formula is C10H16N2O4S2. The fourth-order valence-electron chi connectivity index (χ4n) is 1.54. The van der Waals surface area contributed by atoms with Gasteiger partial charge in [-0.1, -0.05) is 0 Å². The summed E-state index contributed by atoms with van der Waals surface area (Å²) in [4.78, 5) is 14.8. The van der Waals surface area contributed by atoms with E-state index in [4.69, 9.17) is 5.11 Å². The number of aryl methyl sites for hydroxylation is 2. The first-order valence-electron chi connectivity index (χ1n) is 5.34. The molecule has 0 atom stereocenters. The highest BCUT2D eigenvalue weighted by atomic mass is 32.2. The Balaban J connectivity index is 3.25. The van der Waals surface area contributed by atoms with Crippen molar-refractivity contribution >= 4 is 27.3 Å². The van der Waals surface area contributed by atoms with Crippen molar-refractivity contribution in [2.45, 2.75) is 37.9 Å². The van der Waals surface area contributed by atoms with E-state index < -0.39 is 28.6 Å². The van der Waals surface area contributed by atoms with Crippen LogP contribution in [0.3, 0.4) is 0 Å². The van der Waals surface area contributed by atoms with Crippen LogP contribution in [0.1, 0.15) is 24.5 Å². The van der Waals surface area contributed by atoms with Gasteiger partial charge in [0.2, 0.25) is 0 Å². The molecule has 0 aliphatic heterocycles. The Bertz CT molecular complexity index is 548. The quantitative estimate of drug-likeness (QED) is 0.882. The minimum atomic E-state index is -3.80. The molecule has 0 saturated heterocycles. The minimum Gasteiger partial charge on any atom is -0.480 e. The number of thiazole rings is 1. The molecule has 0 fully saturated rings. The smallest absolute Gasteiger partial charge is 0.318 e. The van der Waals surface area contributed by atoms with Gasteiger partial charge in [0.05, 0.1) is 10.7 Å². The molecule has 0 aliphatic carbocycles. The maximum absolute atomic E-state index is 12.4. The van der Waals surface area contributed by atoms with Crippen molar-refractivity contribution in [2.24, 2.45) is 0 Å². The van der Waals surface area contributed by atoms with E-state index in [1.807, 2.05) is 0 Å². The van der Waals surface area contributed by atoms with Crippen LogP contribution in [0, 0.1) is 13.8 Å². The van der Waals surface area contributed by atoms with Gasteiger partial charge in [0.1, 0.15) is 6.54 Å². The molecule has 0 aliphatic rings. The molecule has 1 aromatic rings. The minimum absolute atomic E-state index is 0.120. The van der Waals surface area contributed by atoms with Gasteiger partial charge < -0.3 is 5.11 Å². The predicted molar refractivity (Wildman–Crippen MR) is 68.3 cm³/mol. The van der Waals surface area contributed by atoms with Gasteiger partial charge in [-0.15, -0.1) is 11.3 Å². The van der Waals surface area contributed by atoms with Crippen molar-refractivity contribution in [1.82, 2.24) is 9.29 Å². The van der Waals surface area contributed by atoms with Gasteiger partial charge in [0.25, 0.3) is 10.0 Å². The molecule has 102 valence electrons. The Morgan fingerprint density at radius 3 is 2.33 bits per heavy atom. The summed E-state index contributed by atoms with van der Waals surface area (Å²) >= 11 is 1.06. The van der Waals surface area contributed by atoms with E-state index in [-0.39, 0.29) is 4.21 Å². The van der Waals surface area contributed by atoms with Gasteiger partial charge in [-0.25, -0.2) is 13.4 Å². The van der Waals surface area contributed by atoms with E-state index in [1.54, 1.807) is 27.7 Å². The number of rotatable bonds is 5. The van der Waals surface area contributed by atoms with Crippen molar-refractivity contribution < 1.29 is 18.3 Å². The van der Waals surface area contributed by atoms with E-state index in [1.165, 1.54) is 0 Å². The zero-order chi connectivity index (χ0) is 14.1. The molecular weight excluding hydrogens is 276 g/mol. The molecule has 1 rings (SSSR count). The van der Waals surface area contributed by atoms with Crippen molar-refractivity contribution in [3.8, 4) is 0 Å². The zero-order valence-electron chi connectivity index (χ0n) is 10.7. The van der Waals surface area contributed by atoms with Crippen LogP contribution < -0.4 is 0 Å². The van der Waals surface area contributed by atoms with Crippen molar-refractivity contribution in [2.75, 3.05) is 6.54 Å². The van der Waals surface area contributed by atoms with E-state index in [0.29, 0.717) is 10.7 Å². The molecule has 0 saturated carbocycles. The molecule has 0 aromatic carbocycles. The van der Waals surface area contributed by atoms with E-state index in [9.17, 15) is 13.2 Å². The SMILES string of the molecule is Cc1nc(C)c(S(=O)(=O)N(CC(=O)O)C(C)C)s1. The Kier molecular flexibility index (Phi) is 4.46. The van der Waals surface area contributed by atoms with Crippen LogP contribution in [0.4, 0.5) is 0 Å². The fourth-order valence-corrected chi connectivity index (χ4v) is 4.72. The second-order valence-electron chi connectivity index (χ2n) is 4.14. The maximum Gasteiger partial charge on any atom is 0.318 e. The monoisotopic (exact) mass is 292 g/mol. The first-order chi connectivity index (χ1) is 8.16. The van der Waals surface area contributed by atoms with Gasteiger partial charge >= 0.3 is 5.97 Å². The average Bonchev–Trinajstić information content (AvgIpc) is 2.54. The standard InChI is InChI=1S/C10H16N2O4S2/c1-6(2)12(5-9(13)14)18(15,16)10-7(3)11-8(4)17-10/h6H,5H2,1-4H3,(H,13,14). The number of sulfonamides is 1. The summed E-state index contributed by atoms with van der Waals surface area (Å²) in [5.41, 5.74) is 0.411. The summed E-state index contributed by atoms with van der Waals surface area (Å²) in [6.07, 6.45) is 0. The maximum atomic E-state index is 12.4. The number of carbonyl (C=O) groups is 1. The molecule has 1 N–H and O–H groups in total. The third-order valence-electron chi connectivity index (χ3n) is 2.27. The summed E-state index contributed by atoms with van der Waals surface area (Å²) < 4.78 is 25.8. The first kappa shape index (κ1) is 15.1. The molecule has 6 nitrogen and oxygen atoms in total. The number of carboxylic acid groups (broad SMARTS) is 1. The zero-order valence-corrected chi connectivity index (χ0v) is 12.3. The van der Waals surface area contributed by atoms with Gasteiger partial charge in [-0.05, 0) is 27.7 Å². The third-order valence-corrected chi connectivity index (χ3v) is 5.95. The van der Waals surface area contributed by atoms with E-state index in [2.05, 4.69) is 4.98 Å². The molecule has 1 heterocycles. The van der Waals surface area contributed by atoms with Crippen LogP contribution in [0.25, 0.3) is 0 Å². The lowest BCUT2D eigenvalue weighted by Crippen LogP contribution is -2.40. The number of aliphatic carboxylic acids is 1. The molecule has 0 amide bonds. The molecule has 1 aromatic heterocycles. The number of hydrogen-bond donors (Lipinski definition) is 1. The second kappa shape index (κ2) is 5.33. The summed E-state index contributed by atoms with van der Waals surface area (Å²) in [5.74, 6) is -1.17. The predicted octanol–water partition coefficient (Wildman–Crippen LogP) is 1.24. The largest absolute Gasteiger partial charge is 0.480 e. The lowest BCUT2D eigenvalue weighted by atomic mass is 10.4. The lowest BCUT2D eigenvalue weighted by molar-refractivity contribution is -0.137. The first-order valence-corrected chi connectivity index (χ1v) is 7.59. The van der Waals surface area contributed by atoms with Crippen LogP contribution in [0.15, 0.2) is 4.21 Å². The van der Waals surface area contributed by atoms with E-state index in [0.717, 1.165) is 15.6 Å². The Hall–Kier alpha value is -0.990. The number of carboxylic acids is 1. The van der Waals surface area contributed by atoms with Crippen molar-refractivity contribution in [3.05, 3.63) is 10.7 Å². The number of hydrogen-bond acceptors (Lipinski definition) is 5. The summed E-state index contributed by atoms with van der Waals surface area (Å²) in [7, 11) is -3.80. The molecule has 18 heavy (non-hydrogen) atoms. The van der Waals surface area contributed by atoms with Gasteiger partial charge in [0, 0.05) is 6.04 Å².